The molecule has 9 nitrogen and oxygen atoms in total. The first kappa shape index (κ1) is 26.5. The van der Waals surface area contributed by atoms with Gasteiger partial charge < -0.3 is 15.0 Å². The summed E-state index contributed by atoms with van der Waals surface area (Å²) in [7, 11) is 2.00. The van der Waals surface area contributed by atoms with Crippen LogP contribution in [0.15, 0.2) is 30.3 Å². The standard InChI is InChI=1S/C30H36FN7O2/c1-5-18-13-27(39)22(31)14-21(18)19-6-7-20-23(12-19)34-35-28(20)29-32-24-15-26(36(4)16-25(24)33-29)30(40)38-10-8-37(9-11-38)17(2)3/h6-7,12-14,17,26,39H,5,8-11,15-16H2,1-4H3,(H,32,33)(H,34,35). The van der Waals surface area contributed by atoms with Gasteiger partial charge in [-0.2, -0.15) is 5.10 Å². The number of imidazole rings is 1. The number of aromatic nitrogens is 4. The van der Waals surface area contributed by atoms with Crippen molar-refractivity contribution in [3.05, 3.63) is 53.1 Å². The number of hydrogen-bond acceptors (Lipinski definition) is 6. The molecular weight excluding hydrogens is 509 g/mol. The van der Waals surface area contributed by atoms with E-state index in [0.29, 0.717) is 36.9 Å². The number of carbonyl (C=O) groups is 1. The highest BCUT2D eigenvalue weighted by Crippen LogP contribution is 2.34. The lowest BCUT2D eigenvalue weighted by Crippen LogP contribution is -2.56. The molecule has 3 N–H and O–H groups in total. The van der Waals surface area contributed by atoms with E-state index in [2.05, 4.69) is 38.8 Å². The molecule has 0 aliphatic carbocycles. The number of aromatic amines is 2. The summed E-state index contributed by atoms with van der Waals surface area (Å²) in [5, 5.41) is 18.4. The Kier molecular flexibility index (Phi) is 6.83. The first-order chi connectivity index (χ1) is 19.2. The van der Waals surface area contributed by atoms with Gasteiger partial charge in [0.15, 0.2) is 17.4 Å². The van der Waals surface area contributed by atoms with Gasteiger partial charge in [0.1, 0.15) is 5.69 Å². The molecule has 4 aromatic rings. The highest BCUT2D eigenvalue weighted by atomic mass is 19.1. The Morgan fingerprint density at radius 2 is 1.95 bits per heavy atom. The molecule has 1 atom stereocenters. The molecule has 1 saturated heterocycles. The van der Waals surface area contributed by atoms with E-state index in [0.717, 1.165) is 65.2 Å². The molecule has 2 aliphatic heterocycles. The molecule has 0 spiro atoms. The first-order valence-electron chi connectivity index (χ1n) is 14.0. The maximum Gasteiger partial charge on any atom is 0.240 e. The summed E-state index contributed by atoms with van der Waals surface area (Å²) in [5.74, 6) is -0.133. The second-order valence-electron chi connectivity index (χ2n) is 11.2. The molecule has 4 heterocycles. The summed E-state index contributed by atoms with van der Waals surface area (Å²) in [6.07, 6.45) is 1.23. The molecule has 0 saturated carbocycles. The summed E-state index contributed by atoms with van der Waals surface area (Å²) in [4.78, 5) is 28.3. The van der Waals surface area contributed by atoms with Crippen molar-refractivity contribution in [1.82, 2.24) is 34.9 Å². The Morgan fingerprint density at radius 3 is 2.67 bits per heavy atom. The van der Waals surface area contributed by atoms with E-state index in [4.69, 9.17) is 4.98 Å². The van der Waals surface area contributed by atoms with Gasteiger partial charge in [0.05, 0.1) is 22.9 Å². The number of aryl methyl sites for hydroxylation is 1. The summed E-state index contributed by atoms with van der Waals surface area (Å²) in [5.41, 5.74) is 5.88. The number of phenols is 1. The van der Waals surface area contributed by atoms with Crippen molar-refractivity contribution in [2.24, 2.45) is 0 Å². The number of carbonyl (C=O) groups excluding carboxylic acids is 1. The van der Waals surface area contributed by atoms with Crippen LogP contribution in [-0.4, -0.2) is 91.2 Å². The Hall–Kier alpha value is -3.76. The lowest BCUT2D eigenvalue weighted by atomic mass is 9.96. The van der Waals surface area contributed by atoms with Crippen LogP contribution >= 0.6 is 0 Å². The summed E-state index contributed by atoms with van der Waals surface area (Å²) in [6, 6.07) is 8.98. The SMILES string of the molecule is CCc1cc(O)c(F)cc1-c1ccc2c(-c3nc4c([nH]3)CN(C)C(C(=O)N3CCN(C(C)C)CC3)C4)n[nH]c2c1. The third-order valence-electron chi connectivity index (χ3n) is 8.48. The molecule has 0 radical (unpaired) electrons. The highest BCUT2D eigenvalue weighted by molar-refractivity contribution is 5.94. The third-order valence-corrected chi connectivity index (χ3v) is 8.48. The number of nitrogens with one attached hydrogen (secondary N) is 2. The quantitative estimate of drug-likeness (QED) is 0.351. The van der Waals surface area contributed by atoms with Gasteiger partial charge in [-0.15, -0.1) is 0 Å². The Labute approximate surface area is 233 Å². The molecule has 2 aliphatic rings. The molecule has 1 unspecified atom stereocenters. The number of rotatable bonds is 5. The molecule has 2 aromatic heterocycles. The Morgan fingerprint density at radius 1 is 1.18 bits per heavy atom. The number of aromatic hydroxyl groups is 1. The molecule has 1 amide bonds. The van der Waals surface area contributed by atoms with Crippen molar-refractivity contribution < 1.29 is 14.3 Å². The molecule has 40 heavy (non-hydrogen) atoms. The minimum absolute atomic E-state index is 0.177. The number of amides is 1. The topological polar surface area (TPSA) is 104 Å². The van der Waals surface area contributed by atoms with E-state index in [1.807, 2.05) is 37.1 Å². The molecule has 2 aromatic carbocycles. The van der Waals surface area contributed by atoms with Gasteiger partial charge in [-0.05, 0) is 68.3 Å². The second-order valence-corrected chi connectivity index (χ2v) is 11.2. The number of H-pyrrole nitrogens is 2. The Bertz CT molecular complexity index is 1570. The van der Waals surface area contributed by atoms with E-state index in [9.17, 15) is 14.3 Å². The van der Waals surface area contributed by atoms with Crippen molar-refractivity contribution in [3.63, 3.8) is 0 Å². The zero-order valence-corrected chi connectivity index (χ0v) is 23.5. The van der Waals surface area contributed by atoms with Crippen molar-refractivity contribution in [2.75, 3.05) is 33.2 Å². The van der Waals surface area contributed by atoms with Crippen molar-refractivity contribution in [2.45, 2.75) is 52.2 Å². The van der Waals surface area contributed by atoms with Crippen LogP contribution in [0, 0.1) is 5.82 Å². The second kappa shape index (κ2) is 10.3. The highest BCUT2D eigenvalue weighted by Gasteiger charge is 2.35. The maximum absolute atomic E-state index is 14.2. The van der Waals surface area contributed by atoms with Crippen molar-refractivity contribution in [1.29, 1.82) is 0 Å². The van der Waals surface area contributed by atoms with Crippen LogP contribution in [0.25, 0.3) is 33.5 Å². The third kappa shape index (κ3) is 4.65. The molecule has 1 fully saturated rings. The van der Waals surface area contributed by atoms with Gasteiger partial charge >= 0.3 is 0 Å². The van der Waals surface area contributed by atoms with Gasteiger partial charge in [0.2, 0.25) is 5.91 Å². The van der Waals surface area contributed by atoms with Gasteiger partial charge in [-0.3, -0.25) is 19.7 Å². The average molecular weight is 546 g/mol. The molecular formula is C30H36FN7O2. The summed E-state index contributed by atoms with van der Waals surface area (Å²) < 4.78 is 14.2. The predicted octanol–water partition coefficient (Wildman–Crippen LogP) is 3.94. The van der Waals surface area contributed by atoms with E-state index in [1.54, 1.807) is 0 Å². The lowest BCUT2D eigenvalue weighted by Gasteiger charge is -2.40. The van der Waals surface area contributed by atoms with E-state index < -0.39 is 5.82 Å². The van der Waals surface area contributed by atoms with Crippen LogP contribution in [0.4, 0.5) is 4.39 Å². The normalized spacial score (nSPS) is 18.6. The predicted molar refractivity (Wildman–Crippen MR) is 152 cm³/mol. The van der Waals surface area contributed by atoms with E-state index in [-0.39, 0.29) is 17.7 Å². The minimum Gasteiger partial charge on any atom is -0.505 e. The van der Waals surface area contributed by atoms with E-state index >= 15 is 0 Å². The molecule has 10 heteroatoms. The minimum atomic E-state index is -0.640. The number of halogens is 1. The monoisotopic (exact) mass is 545 g/mol. The van der Waals surface area contributed by atoms with Crippen LogP contribution in [0.5, 0.6) is 5.75 Å². The van der Waals surface area contributed by atoms with Gasteiger partial charge in [0.25, 0.3) is 0 Å². The van der Waals surface area contributed by atoms with Crippen LogP contribution in [0.2, 0.25) is 0 Å². The smallest absolute Gasteiger partial charge is 0.240 e. The number of benzene rings is 2. The Balaban J connectivity index is 1.24. The number of phenolic OH excluding ortho intramolecular Hbond substituents is 1. The van der Waals surface area contributed by atoms with Crippen molar-refractivity contribution >= 4 is 16.8 Å². The zero-order valence-electron chi connectivity index (χ0n) is 23.5. The van der Waals surface area contributed by atoms with Gasteiger partial charge in [0, 0.05) is 50.6 Å². The molecule has 6 rings (SSSR count). The molecule has 0 bridgehead atoms. The van der Waals surface area contributed by atoms with Crippen LogP contribution in [0.1, 0.15) is 37.7 Å². The fraction of sp³-hybridized carbons (Fsp3) is 0.433. The largest absolute Gasteiger partial charge is 0.505 e. The summed E-state index contributed by atoms with van der Waals surface area (Å²) >= 11 is 0. The number of likely N-dealkylation sites (N-methyl/N-ethyl adjacent to an activating group) is 1. The fourth-order valence-corrected chi connectivity index (χ4v) is 6.04. The van der Waals surface area contributed by atoms with Crippen LogP contribution in [0.3, 0.4) is 0 Å². The number of fused-ring (bicyclic) bond motifs is 2. The number of piperazine rings is 1. The van der Waals surface area contributed by atoms with E-state index in [1.165, 1.54) is 12.1 Å². The van der Waals surface area contributed by atoms with Crippen LogP contribution in [-0.2, 0) is 24.2 Å². The maximum atomic E-state index is 14.2. The van der Waals surface area contributed by atoms with Gasteiger partial charge in [-0.25, -0.2) is 9.37 Å². The number of hydrogen-bond donors (Lipinski definition) is 3. The fourth-order valence-electron chi connectivity index (χ4n) is 6.04. The lowest BCUT2D eigenvalue weighted by molar-refractivity contribution is -0.139. The number of nitrogens with zero attached hydrogens (tertiary/aromatic N) is 5. The van der Waals surface area contributed by atoms with Gasteiger partial charge in [-0.1, -0.05) is 13.0 Å². The average Bonchev–Trinajstić information content (AvgIpc) is 3.56. The summed E-state index contributed by atoms with van der Waals surface area (Å²) in [6.45, 7) is 10.3. The zero-order chi connectivity index (χ0) is 28.1. The first-order valence-corrected chi connectivity index (χ1v) is 14.0. The molecule has 210 valence electrons. The van der Waals surface area contributed by atoms with Crippen molar-refractivity contribution in [3.8, 4) is 28.4 Å². The van der Waals surface area contributed by atoms with Crippen LogP contribution < -0.4 is 0 Å².